The second-order valence-electron chi connectivity index (χ2n) is 7.27. The maximum absolute atomic E-state index is 12.8. The van der Waals surface area contributed by atoms with Gasteiger partial charge in [0.15, 0.2) is 0 Å². The van der Waals surface area contributed by atoms with Crippen molar-refractivity contribution in [1.29, 1.82) is 0 Å². The van der Waals surface area contributed by atoms with E-state index in [1.54, 1.807) is 30.3 Å². The molecule has 0 spiro atoms. The minimum atomic E-state index is -4.43. The van der Waals surface area contributed by atoms with E-state index in [4.69, 9.17) is 5.73 Å². The second-order valence-corrected chi connectivity index (χ2v) is 7.27. The molecule has 4 rings (SSSR count). The molecule has 3 aromatic carbocycles. The number of hydrogen-bond donors (Lipinski definition) is 3. The number of aromatic nitrogens is 1. The van der Waals surface area contributed by atoms with Crippen molar-refractivity contribution in [1.82, 2.24) is 10.3 Å². The van der Waals surface area contributed by atoms with Gasteiger partial charge in [0.2, 0.25) is 0 Å². The highest BCUT2D eigenvalue weighted by Gasteiger charge is 2.30. The predicted octanol–water partition coefficient (Wildman–Crippen LogP) is 4.88. The number of alkyl halides is 3. The van der Waals surface area contributed by atoms with Crippen LogP contribution in [0.2, 0.25) is 0 Å². The fraction of sp³-hybridized carbons (Fsp3) is 0.0833. The summed E-state index contributed by atoms with van der Waals surface area (Å²) in [4.78, 5) is 26.9. The van der Waals surface area contributed by atoms with Gasteiger partial charge in [-0.15, -0.1) is 0 Å². The summed E-state index contributed by atoms with van der Waals surface area (Å²) >= 11 is 0. The minimum absolute atomic E-state index is 0.0247. The third-order valence-electron chi connectivity index (χ3n) is 5.10. The van der Waals surface area contributed by atoms with E-state index in [2.05, 4.69) is 10.3 Å². The van der Waals surface area contributed by atoms with Crippen LogP contribution in [-0.2, 0) is 12.7 Å². The Hall–Kier alpha value is -4.07. The summed E-state index contributed by atoms with van der Waals surface area (Å²) in [6, 6.07) is 18.9. The van der Waals surface area contributed by atoms with Crippen molar-refractivity contribution in [3.05, 3.63) is 95.2 Å². The third-order valence-corrected chi connectivity index (χ3v) is 5.10. The van der Waals surface area contributed by atoms with Gasteiger partial charge in [-0.2, -0.15) is 13.2 Å². The van der Waals surface area contributed by atoms with Gasteiger partial charge in [0.1, 0.15) is 5.69 Å². The van der Waals surface area contributed by atoms with E-state index in [0.29, 0.717) is 16.8 Å². The number of primary amides is 1. The molecule has 162 valence electrons. The summed E-state index contributed by atoms with van der Waals surface area (Å²) in [6.45, 7) is -0.0247. The smallest absolute Gasteiger partial charge is 0.364 e. The van der Waals surface area contributed by atoms with Gasteiger partial charge >= 0.3 is 6.18 Å². The number of amides is 2. The molecule has 0 atom stereocenters. The van der Waals surface area contributed by atoms with Gasteiger partial charge in [-0.05, 0) is 53.1 Å². The van der Waals surface area contributed by atoms with Gasteiger partial charge in [-0.3, -0.25) is 9.59 Å². The van der Waals surface area contributed by atoms with E-state index >= 15 is 0 Å². The largest absolute Gasteiger partial charge is 0.416 e. The van der Waals surface area contributed by atoms with Crippen LogP contribution in [0.4, 0.5) is 13.2 Å². The van der Waals surface area contributed by atoms with E-state index in [1.807, 2.05) is 18.2 Å². The summed E-state index contributed by atoms with van der Waals surface area (Å²) in [7, 11) is 0. The first-order valence-electron chi connectivity index (χ1n) is 9.69. The third kappa shape index (κ3) is 4.34. The van der Waals surface area contributed by atoms with Crippen LogP contribution in [0.15, 0.2) is 72.8 Å². The van der Waals surface area contributed by atoms with Crippen molar-refractivity contribution in [3.63, 3.8) is 0 Å². The predicted molar refractivity (Wildman–Crippen MR) is 115 cm³/mol. The number of aromatic amines is 1. The van der Waals surface area contributed by atoms with Crippen molar-refractivity contribution in [2.24, 2.45) is 5.73 Å². The molecular weight excluding hydrogens is 419 g/mol. The number of benzene rings is 3. The fourth-order valence-electron chi connectivity index (χ4n) is 3.48. The van der Waals surface area contributed by atoms with Crippen molar-refractivity contribution < 1.29 is 22.8 Å². The Morgan fingerprint density at radius 1 is 0.938 bits per heavy atom. The zero-order chi connectivity index (χ0) is 22.9. The molecule has 0 saturated carbocycles. The first-order chi connectivity index (χ1) is 15.2. The number of rotatable bonds is 5. The number of carbonyl (C=O) groups excluding carboxylic acids is 2. The molecule has 4 N–H and O–H groups in total. The molecule has 0 aliphatic carbocycles. The Morgan fingerprint density at radius 3 is 2.34 bits per heavy atom. The lowest BCUT2D eigenvalue weighted by Gasteiger charge is -2.10. The molecule has 2 amide bonds. The molecule has 32 heavy (non-hydrogen) atoms. The number of hydrogen-bond acceptors (Lipinski definition) is 2. The zero-order valence-electron chi connectivity index (χ0n) is 16.7. The van der Waals surface area contributed by atoms with E-state index in [9.17, 15) is 22.8 Å². The maximum Gasteiger partial charge on any atom is 0.416 e. The normalized spacial score (nSPS) is 11.5. The highest BCUT2D eigenvalue weighted by atomic mass is 19.4. The lowest BCUT2D eigenvalue weighted by Crippen LogP contribution is -2.23. The molecule has 0 saturated heterocycles. The van der Waals surface area contributed by atoms with Crippen molar-refractivity contribution in [2.75, 3.05) is 0 Å². The summed E-state index contributed by atoms with van der Waals surface area (Å²) in [6.07, 6.45) is -4.43. The van der Waals surface area contributed by atoms with Gasteiger partial charge in [0.05, 0.1) is 5.56 Å². The highest BCUT2D eigenvalue weighted by Crippen LogP contribution is 2.30. The van der Waals surface area contributed by atoms with Gasteiger partial charge in [0, 0.05) is 23.0 Å². The monoisotopic (exact) mass is 437 g/mol. The SMILES string of the molecule is NC(=O)c1cc2c(-c3ccc(C(=O)NCc4cccc(C(F)(F)F)c4)cc3)cccc2[nH]1. The van der Waals surface area contributed by atoms with Crippen LogP contribution in [0.25, 0.3) is 22.0 Å². The number of nitrogens with one attached hydrogen (secondary N) is 2. The van der Waals surface area contributed by atoms with Crippen LogP contribution in [0.5, 0.6) is 0 Å². The van der Waals surface area contributed by atoms with Crippen LogP contribution in [0, 0.1) is 0 Å². The lowest BCUT2D eigenvalue weighted by atomic mass is 10.00. The van der Waals surface area contributed by atoms with E-state index in [0.717, 1.165) is 34.2 Å². The summed E-state index contributed by atoms with van der Waals surface area (Å²) in [5.41, 5.74) is 8.09. The number of fused-ring (bicyclic) bond motifs is 1. The van der Waals surface area contributed by atoms with Crippen LogP contribution >= 0.6 is 0 Å². The van der Waals surface area contributed by atoms with Gasteiger partial charge in [-0.1, -0.05) is 36.4 Å². The first-order valence-corrected chi connectivity index (χ1v) is 9.69. The Labute approximate surface area is 181 Å². The standard InChI is InChI=1S/C24H18F3N3O2/c25-24(26,27)17-4-1-3-14(11-17)13-29-23(32)16-9-7-15(8-10-16)18-5-2-6-20-19(18)12-21(30-20)22(28)31/h1-12,30H,13H2,(H2,28,31)(H,29,32). The van der Waals surface area contributed by atoms with Crippen molar-refractivity contribution in [2.45, 2.75) is 12.7 Å². The second kappa shape index (κ2) is 8.22. The number of H-pyrrole nitrogens is 1. The minimum Gasteiger partial charge on any atom is -0.364 e. The van der Waals surface area contributed by atoms with Crippen molar-refractivity contribution >= 4 is 22.7 Å². The summed E-state index contributed by atoms with van der Waals surface area (Å²) in [5.74, 6) is -0.954. The van der Waals surface area contributed by atoms with Gasteiger partial charge in [0.25, 0.3) is 11.8 Å². The van der Waals surface area contributed by atoms with E-state index in [-0.39, 0.29) is 6.54 Å². The van der Waals surface area contributed by atoms with Crippen LogP contribution in [0.1, 0.15) is 32.0 Å². The molecule has 0 unspecified atom stereocenters. The molecule has 0 aliphatic heterocycles. The fourth-order valence-corrected chi connectivity index (χ4v) is 3.48. The highest BCUT2D eigenvalue weighted by molar-refractivity contribution is 6.02. The quantitative estimate of drug-likeness (QED) is 0.415. The molecule has 0 fully saturated rings. The van der Waals surface area contributed by atoms with E-state index < -0.39 is 23.6 Å². The topological polar surface area (TPSA) is 88.0 Å². The molecule has 5 nitrogen and oxygen atoms in total. The summed E-state index contributed by atoms with van der Waals surface area (Å²) in [5, 5.41) is 3.46. The molecule has 1 aromatic heterocycles. The van der Waals surface area contributed by atoms with Crippen molar-refractivity contribution in [3.8, 4) is 11.1 Å². The Bertz CT molecular complexity index is 1310. The van der Waals surface area contributed by atoms with Gasteiger partial charge < -0.3 is 16.0 Å². The van der Waals surface area contributed by atoms with E-state index in [1.165, 1.54) is 12.1 Å². The molecule has 0 bridgehead atoms. The zero-order valence-corrected chi connectivity index (χ0v) is 16.7. The molecular formula is C24H18F3N3O2. The van der Waals surface area contributed by atoms with Crippen LogP contribution in [-0.4, -0.2) is 16.8 Å². The average Bonchev–Trinajstić information content (AvgIpc) is 3.22. The molecule has 0 radical (unpaired) electrons. The molecule has 4 aromatic rings. The van der Waals surface area contributed by atoms with Crippen LogP contribution in [0.3, 0.4) is 0 Å². The molecule has 8 heteroatoms. The van der Waals surface area contributed by atoms with Crippen LogP contribution < -0.4 is 11.1 Å². The van der Waals surface area contributed by atoms with Gasteiger partial charge in [-0.25, -0.2) is 0 Å². The Kier molecular flexibility index (Phi) is 5.44. The molecule has 0 aliphatic rings. The summed E-state index contributed by atoms with van der Waals surface area (Å²) < 4.78 is 38.5. The maximum atomic E-state index is 12.8. The number of carbonyl (C=O) groups is 2. The Balaban J connectivity index is 1.50. The Morgan fingerprint density at radius 2 is 1.66 bits per heavy atom. The molecule has 1 heterocycles. The number of nitrogens with two attached hydrogens (primary N) is 1. The lowest BCUT2D eigenvalue weighted by molar-refractivity contribution is -0.137. The average molecular weight is 437 g/mol. The number of halogens is 3. The first kappa shape index (κ1) is 21.2.